The minimum atomic E-state index is -1.05. The van der Waals surface area contributed by atoms with Gasteiger partial charge >= 0.3 is 11.8 Å². The van der Waals surface area contributed by atoms with Crippen molar-refractivity contribution in [1.82, 2.24) is 5.43 Å². The summed E-state index contributed by atoms with van der Waals surface area (Å²) < 4.78 is 0. The van der Waals surface area contributed by atoms with Crippen LogP contribution in [0.25, 0.3) is 10.8 Å². The standard InChI is InChI=1S/C26H19ClN4O4/c27-17-10-12-18(13-11-17)29-24(33)20-7-3-4-8-22(20)30-25(34)26(35)31-28-15-21-19-6-2-1-5-16(19)9-14-23(21)32/h1-15,32H,(H,29,33)(H,30,34)(H,31,35)/b28-15+. The molecule has 9 heteroatoms. The van der Waals surface area contributed by atoms with Gasteiger partial charge in [-0.3, -0.25) is 14.4 Å². The molecule has 0 spiro atoms. The number of aromatic hydroxyl groups is 1. The smallest absolute Gasteiger partial charge is 0.329 e. The van der Waals surface area contributed by atoms with E-state index in [9.17, 15) is 19.5 Å². The van der Waals surface area contributed by atoms with Crippen molar-refractivity contribution in [3.05, 3.63) is 101 Å². The maximum atomic E-state index is 12.7. The molecular formula is C26H19ClN4O4. The molecule has 35 heavy (non-hydrogen) atoms. The van der Waals surface area contributed by atoms with Gasteiger partial charge in [-0.25, -0.2) is 5.43 Å². The zero-order chi connectivity index (χ0) is 24.8. The highest BCUT2D eigenvalue weighted by atomic mass is 35.5. The van der Waals surface area contributed by atoms with E-state index < -0.39 is 17.7 Å². The SMILES string of the molecule is O=C(N/N=C/c1c(O)ccc2ccccc12)C(=O)Nc1ccccc1C(=O)Nc1ccc(Cl)cc1. The topological polar surface area (TPSA) is 120 Å². The molecule has 0 heterocycles. The van der Waals surface area contributed by atoms with E-state index >= 15 is 0 Å². The molecule has 0 atom stereocenters. The van der Waals surface area contributed by atoms with Crippen LogP contribution >= 0.6 is 11.6 Å². The Morgan fingerprint density at radius 2 is 1.51 bits per heavy atom. The molecule has 4 N–H and O–H groups in total. The van der Waals surface area contributed by atoms with Gasteiger partial charge in [0.1, 0.15) is 5.75 Å². The first kappa shape index (κ1) is 23.5. The van der Waals surface area contributed by atoms with Crippen molar-refractivity contribution >= 4 is 57.7 Å². The van der Waals surface area contributed by atoms with Gasteiger partial charge in [-0.15, -0.1) is 0 Å². The number of hydrazone groups is 1. The van der Waals surface area contributed by atoms with E-state index in [0.717, 1.165) is 10.8 Å². The Morgan fingerprint density at radius 3 is 2.31 bits per heavy atom. The monoisotopic (exact) mass is 486 g/mol. The summed E-state index contributed by atoms with van der Waals surface area (Å²) in [6, 6.07) is 23.4. The van der Waals surface area contributed by atoms with Crippen LogP contribution in [0.3, 0.4) is 0 Å². The first-order valence-corrected chi connectivity index (χ1v) is 10.8. The van der Waals surface area contributed by atoms with Crippen LogP contribution < -0.4 is 16.1 Å². The molecule has 0 aromatic heterocycles. The number of halogens is 1. The fourth-order valence-electron chi connectivity index (χ4n) is 3.33. The number of carbonyl (C=O) groups is 3. The molecule has 0 saturated carbocycles. The molecule has 0 bridgehead atoms. The summed E-state index contributed by atoms with van der Waals surface area (Å²) in [6.07, 6.45) is 1.26. The molecule has 0 radical (unpaired) electrons. The Morgan fingerprint density at radius 1 is 0.800 bits per heavy atom. The maximum Gasteiger partial charge on any atom is 0.329 e. The lowest BCUT2D eigenvalue weighted by molar-refractivity contribution is -0.136. The Hall–Kier alpha value is -4.69. The van der Waals surface area contributed by atoms with Crippen molar-refractivity contribution in [2.45, 2.75) is 0 Å². The number of benzene rings is 4. The van der Waals surface area contributed by atoms with Gasteiger partial charge in [0.15, 0.2) is 0 Å². The van der Waals surface area contributed by atoms with Crippen LogP contribution in [0.2, 0.25) is 5.02 Å². The first-order chi connectivity index (χ1) is 16.9. The maximum absolute atomic E-state index is 12.7. The first-order valence-electron chi connectivity index (χ1n) is 10.4. The summed E-state index contributed by atoms with van der Waals surface area (Å²) in [6.45, 7) is 0. The number of nitrogens with one attached hydrogen (secondary N) is 3. The van der Waals surface area contributed by atoms with Crippen LogP contribution in [-0.2, 0) is 9.59 Å². The van der Waals surface area contributed by atoms with Gasteiger partial charge < -0.3 is 15.7 Å². The molecule has 0 aliphatic carbocycles. The molecule has 4 aromatic carbocycles. The van der Waals surface area contributed by atoms with Gasteiger partial charge in [0.2, 0.25) is 0 Å². The largest absolute Gasteiger partial charge is 0.507 e. The number of anilines is 2. The van der Waals surface area contributed by atoms with Crippen LogP contribution in [0.4, 0.5) is 11.4 Å². The summed E-state index contributed by atoms with van der Waals surface area (Å²) >= 11 is 5.86. The van der Waals surface area contributed by atoms with Gasteiger partial charge in [0, 0.05) is 16.3 Å². The lowest BCUT2D eigenvalue weighted by Gasteiger charge is -2.11. The summed E-state index contributed by atoms with van der Waals surface area (Å²) in [5.74, 6) is -2.57. The van der Waals surface area contributed by atoms with E-state index in [1.165, 1.54) is 24.4 Å². The molecule has 4 rings (SSSR count). The lowest BCUT2D eigenvalue weighted by atomic mass is 10.0. The number of para-hydroxylation sites is 1. The number of fused-ring (bicyclic) bond motifs is 1. The number of rotatable bonds is 5. The van der Waals surface area contributed by atoms with Crippen molar-refractivity contribution in [3.8, 4) is 5.75 Å². The lowest BCUT2D eigenvalue weighted by Crippen LogP contribution is -2.33. The van der Waals surface area contributed by atoms with E-state index in [0.29, 0.717) is 16.3 Å². The predicted molar refractivity (Wildman–Crippen MR) is 136 cm³/mol. The van der Waals surface area contributed by atoms with Crippen molar-refractivity contribution in [2.75, 3.05) is 10.6 Å². The summed E-state index contributed by atoms with van der Waals surface area (Å²) in [7, 11) is 0. The highest BCUT2D eigenvalue weighted by Gasteiger charge is 2.18. The van der Waals surface area contributed by atoms with Crippen LogP contribution in [-0.4, -0.2) is 29.0 Å². The molecule has 4 aromatic rings. The molecule has 174 valence electrons. The minimum Gasteiger partial charge on any atom is -0.507 e. The summed E-state index contributed by atoms with van der Waals surface area (Å²) in [5, 5.41) is 21.2. The average Bonchev–Trinajstić information content (AvgIpc) is 2.87. The molecule has 0 fully saturated rings. The number of nitrogens with zero attached hydrogens (tertiary/aromatic N) is 1. The van der Waals surface area contributed by atoms with Crippen molar-refractivity contribution in [2.24, 2.45) is 5.10 Å². The molecule has 0 aliphatic heterocycles. The van der Waals surface area contributed by atoms with Crippen LogP contribution in [0, 0.1) is 0 Å². The molecule has 0 saturated heterocycles. The van der Waals surface area contributed by atoms with Crippen molar-refractivity contribution < 1.29 is 19.5 Å². The second kappa shape index (κ2) is 10.5. The van der Waals surface area contributed by atoms with Crippen LogP contribution in [0.1, 0.15) is 15.9 Å². The van der Waals surface area contributed by atoms with Crippen molar-refractivity contribution in [3.63, 3.8) is 0 Å². The predicted octanol–water partition coefficient (Wildman–Crippen LogP) is 4.54. The fourth-order valence-corrected chi connectivity index (χ4v) is 3.45. The highest BCUT2D eigenvalue weighted by molar-refractivity contribution is 6.40. The molecule has 8 nitrogen and oxygen atoms in total. The van der Waals surface area contributed by atoms with Gasteiger partial charge in [0.25, 0.3) is 5.91 Å². The number of hydrogen-bond acceptors (Lipinski definition) is 5. The van der Waals surface area contributed by atoms with Gasteiger partial charge in [-0.2, -0.15) is 5.10 Å². The zero-order valence-corrected chi connectivity index (χ0v) is 18.9. The van der Waals surface area contributed by atoms with Gasteiger partial charge in [-0.1, -0.05) is 54.1 Å². The van der Waals surface area contributed by atoms with E-state index in [4.69, 9.17) is 11.6 Å². The summed E-state index contributed by atoms with van der Waals surface area (Å²) in [5.41, 5.74) is 3.35. The third-order valence-corrected chi connectivity index (χ3v) is 5.29. The number of phenolic OH excluding ortho intramolecular Hbond substituents is 1. The van der Waals surface area contributed by atoms with E-state index in [2.05, 4.69) is 21.2 Å². The Labute approximate surface area is 205 Å². The number of hydrogen-bond donors (Lipinski definition) is 4. The average molecular weight is 487 g/mol. The molecule has 0 aliphatic rings. The fraction of sp³-hybridized carbons (Fsp3) is 0. The third kappa shape index (κ3) is 5.63. The minimum absolute atomic E-state index is 0.0215. The number of amides is 3. The normalized spacial score (nSPS) is 10.8. The van der Waals surface area contributed by atoms with E-state index in [1.807, 2.05) is 18.2 Å². The van der Waals surface area contributed by atoms with Crippen LogP contribution in [0.5, 0.6) is 5.75 Å². The molecule has 0 unspecified atom stereocenters. The van der Waals surface area contributed by atoms with Crippen molar-refractivity contribution in [1.29, 1.82) is 0 Å². The number of phenols is 1. The molecule has 3 amide bonds. The van der Waals surface area contributed by atoms with Gasteiger partial charge in [-0.05, 0) is 53.2 Å². The Balaban J connectivity index is 1.43. The molecular weight excluding hydrogens is 468 g/mol. The van der Waals surface area contributed by atoms with E-state index in [-0.39, 0.29) is 17.0 Å². The van der Waals surface area contributed by atoms with Gasteiger partial charge in [0.05, 0.1) is 17.5 Å². The quantitative estimate of drug-likeness (QED) is 0.188. The second-order valence-corrected chi connectivity index (χ2v) is 7.82. The third-order valence-electron chi connectivity index (χ3n) is 5.04. The summed E-state index contributed by atoms with van der Waals surface area (Å²) in [4.78, 5) is 37.4. The highest BCUT2D eigenvalue weighted by Crippen LogP contribution is 2.25. The number of carbonyl (C=O) groups excluding carboxylic acids is 3. The zero-order valence-electron chi connectivity index (χ0n) is 18.2. The van der Waals surface area contributed by atoms with Crippen LogP contribution in [0.15, 0.2) is 90.0 Å². The van der Waals surface area contributed by atoms with E-state index in [1.54, 1.807) is 48.5 Å². The Bertz CT molecular complexity index is 1450. The Kier molecular flexibility index (Phi) is 7.04. The second-order valence-electron chi connectivity index (χ2n) is 7.38.